The molecule has 84 heavy (non-hydrogen) atoms. The molecule has 0 radical (unpaired) electrons. The SMILES string of the molecule is CC1OC(OC2C(OC3CCC4(C)C(CCC5(C)C4CC=C4C6CC(C)(C)CCC6(C(=O)OC6OC(CO)C(OC7OC(CO)C(O)C(O)C7O)C(O)C6O)CCC45C)C3(C)CO)OCC(O)C2O)C(O)C(OC2OCC(O)C(O)C2O)C1O. The van der Waals surface area contributed by atoms with E-state index in [0.717, 1.165) is 6.42 Å². The fourth-order valence-electron chi connectivity index (χ4n) is 17.4. The highest BCUT2D eigenvalue weighted by Gasteiger charge is 2.71. The monoisotopic (exact) mass is 1210 g/mol. The molecule has 0 amide bonds. The maximum atomic E-state index is 15.1. The Balaban J connectivity index is 0.852. The largest absolute Gasteiger partial charge is 0.432 e. The quantitative estimate of drug-likeness (QED) is 0.0499. The van der Waals surface area contributed by atoms with Gasteiger partial charge in [-0.3, -0.25) is 4.79 Å². The lowest BCUT2D eigenvalue weighted by Gasteiger charge is -2.71. The molecular weight excluding hydrogens is 1110 g/mol. The number of carbonyl (C=O) groups excluding carboxylic acids is 1. The van der Waals surface area contributed by atoms with Gasteiger partial charge in [-0.2, -0.15) is 0 Å². The van der Waals surface area contributed by atoms with Gasteiger partial charge in [0.15, 0.2) is 25.2 Å². The van der Waals surface area contributed by atoms with E-state index < -0.39 is 189 Å². The molecule has 0 bridgehead atoms. The molecule has 0 aromatic carbocycles. The summed E-state index contributed by atoms with van der Waals surface area (Å²) < 4.78 is 59.6. The van der Waals surface area contributed by atoms with E-state index in [-0.39, 0.29) is 47.2 Å². The topological polar surface area (TPSA) is 413 Å². The van der Waals surface area contributed by atoms with Gasteiger partial charge in [0.05, 0.1) is 50.7 Å². The number of ether oxygens (including phenoxy) is 10. The fourth-order valence-corrected chi connectivity index (χ4v) is 17.4. The molecular formula is C58H94O26. The first-order chi connectivity index (χ1) is 39.4. The zero-order chi connectivity index (χ0) is 61.1. The summed E-state index contributed by atoms with van der Waals surface area (Å²) in [5.74, 6) is -0.880. The summed E-state index contributed by atoms with van der Waals surface area (Å²) in [5, 5.41) is 162. The molecule has 10 rings (SSSR count). The van der Waals surface area contributed by atoms with E-state index in [1.165, 1.54) is 12.5 Å². The Kier molecular flexibility index (Phi) is 18.7. The number of rotatable bonds is 13. The van der Waals surface area contributed by atoms with Crippen molar-refractivity contribution < 1.29 is 129 Å². The van der Waals surface area contributed by atoms with Gasteiger partial charge in [0.25, 0.3) is 0 Å². The van der Waals surface area contributed by atoms with E-state index in [9.17, 15) is 76.6 Å². The Hall–Kier alpha value is -1.75. The van der Waals surface area contributed by atoms with E-state index in [2.05, 4.69) is 40.7 Å². The van der Waals surface area contributed by atoms with Crippen LogP contribution in [0.5, 0.6) is 0 Å². The minimum absolute atomic E-state index is 0.0990. The maximum absolute atomic E-state index is 15.1. The van der Waals surface area contributed by atoms with E-state index in [4.69, 9.17) is 47.4 Å². The van der Waals surface area contributed by atoms with Crippen LogP contribution in [0.4, 0.5) is 0 Å². The van der Waals surface area contributed by atoms with Crippen molar-refractivity contribution in [1.29, 1.82) is 0 Å². The van der Waals surface area contributed by atoms with Crippen LogP contribution in [0, 0.1) is 50.2 Å². The Morgan fingerprint density at radius 2 is 1.14 bits per heavy atom. The number of hydrogen-bond donors (Lipinski definition) is 15. The Bertz CT molecular complexity index is 2330. The number of aliphatic hydroxyl groups is 15. The summed E-state index contributed by atoms with van der Waals surface area (Å²) in [6.45, 7) is 12.3. The molecule has 26 nitrogen and oxygen atoms in total. The highest BCUT2D eigenvalue weighted by atomic mass is 16.8. The van der Waals surface area contributed by atoms with Crippen LogP contribution in [0.3, 0.4) is 0 Å². The zero-order valence-corrected chi connectivity index (χ0v) is 49.0. The van der Waals surface area contributed by atoms with Gasteiger partial charge < -0.3 is 124 Å². The molecule has 0 spiro atoms. The van der Waals surface area contributed by atoms with Crippen molar-refractivity contribution in [2.24, 2.45) is 50.2 Å². The number of aliphatic hydroxyl groups excluding tert-OH is 15. The summed E-state index contributed by atoms with van der Waals surface area (Å²) in [4.78, 5) is 15.1. The highest BCUT2D eigenvalue weighted by molar-refractivity contribution is 5.79. The summed E-state index contributed by atoms with van der Waals surface area (Å²) in [5.41, 5.74) is -1.98. The van der Waals surface area contributed by atoms with E-state index in [1.54, 1.807) is 0 Å². The lowest BCUT2D eigenvalue weighted by molar-refractivity contribution is -0.379. The molecule has 32 atom stereocenters. The van der Waals surface area contributed by atoms with E-state index in [0.29, 0.717) is 57.8 Å². The van der Waals surface area contributed by atoms with Gasteiger partial charge in [-0.25, -0.2) is 0 Å². The third-order valence-electron chi connectivity index (χ3n) is 22.9. The summed E-state index contributed by atoms with van der Waals surface area (Å²) in [6.07, 6.45) is -28.8. The number of carbonyl (C=O) groups is 1. The second-order valence-electron chi connectivity index (χ2n) is 28.0. The standard InChI is InChI=1S/C58H94O26/c1-24-34(64)45(82-47-40(70)35(65)27(62)21-75-47)43(73)50(77-24)83-46-36(66)28(63)22-76-51(46)80-33-11-12-54(4)31(55(33,5)23-61)10-13-57(7)32(54)9-8-25-26-18-53(2,3)14-16-58(26,17-15-56(25,57)6)52(74)84-49-42(72)39(69)44(30(20-60)79-49)81-48-41(71)38(68)37(67)29(19-59)78-48/h8,24,26-51,59-73H,9-23H2,1-7H3. The van der Waals surface area contributed by atoms with Crippen LogP contribution < -0.4 is 0 Å². The van der Waals surface area contributed by atoms with Crippen molar-refractivity contribution in [2.75, 3.05) is 33.0 Å². The van der Waals surface area contributed by atoms with Gasteiger partial charge in [-0.05, 0) is 111 Å². The first-order valence-electron chi connectivity index (χ1n) is 30.2. The lowest BCUT2D eigenvalue weighted by atomic mass is 9.33. The molecule has 482 valence electrons. The average molecular weight is 1210 g/mol. The Labute approximate surface area is 488 Å². The lowest BCUT2D eigenvalue weighted by Crippen LogP contribution is -2.67. The molecule has 4 saturated carbocycles. The van der Waals surface area contributed by atoms with Gasteiger partial charge in [0.1, 0.15) is 104 Å². The smallest absolute Gasteiger partial charge is 0.315 e. The summed E-state index contributed by atoms with van der Waals surface area (Å²) in [7, 11) is 0. The molecule has 32 unspecified atom stereocenters. The molecule has 15 N–H and O–H groups in total. The van der Waals surface area contributed by atoms with Crippen molar-refractivity contribution in [2.45, 2.75) is 260 Å². The minimum Gasteiger partial charge on any atom is -0.432 e. The molecule has 5 saturated heterocycles. The van der Waals surface area contributed by atoms with Gasteiger partial charge in [-0.15, -0.1) is 0 Å². The van der Waals surface area contributed by atoms with Gasteiger partial charge >= 0.3 is 5.97 Å². The molecule has 0 aromatic heterocycles. The average Bonchev–Trinajstić information content (AvgIpc) is 0.726. The Morgan fingerprint density at radius 3 is 1.82 bits per heavy atom. The van der Waals surface area contributed by atoms with Crippen LogP contribution in [0.1, 0.15) is 113 Å². The van der Waals surface area contributed by atoms with Crippen molar-refractivity contribution in [3.63, 3.8) is 0 Å². The zero-order valence-electron chi connectivity index (χ0n) is 49.0. The van der Waals surface area contributed by atoms with Crippen LogP contribution in [-0.2, 0) is 52.2 Å². The van der Waals surface area contributed by atoms with Crippen molar-refractivity contribution in [1.82, 2.24) is 0 Å². The second-order valence-corrected chi connectivity index (χ2v) is 28.0. The molecule has 5 heterocycles. The number of allylic oxidation sites excluding steroid dienone is 2. The molecule has 0 aromatic rings. The number of fused-ring (bicyclic) bond motifs is 7. The van der Waals surface area contributed by atoms with Crippen LogP contribution in [0.2, 0.25) is 0 Å². The first-order valence-corrected chi connectivity index (χ1v) is 30.2. The number of esters is 1. The third-order valence-corrected chi connectivity index (χ3v) is 22.9. The van der Waals surface area contributed by atoms with Crippen LogP contribution in [0.25, 0.3) is 0 Å². The van der Waals surface area contributed by atoms with Crippen LogP contribution in [0.15, 0.2) is 11.6 Å². The van der Waals surface area contributed by atoms with Crippen LogP contribution in [-0.4, -0.2) is 263 Å². The van der Waals surface area contributed by atoms with Crippen LogP contribution >= 0.6 is 0 Å². The molecule has 5 aliphatic carbocycles. The first kappa shape index (κ1) is 65.2. The Morgan fingerprint density at radius 1 is 0.548 bits per heavy atom. The van der Waals surface area contributed by atoms with Crippen molar-refractivity contribution in [3.8, 4) is 0 Å². The maximum Gasteiger partial charge on any atom is 0.315 e. The molecule has 10 aliphatic rings. The molecule has 26 heteroatoms. The van der Waals surface area contributed by atoms with Crippen molar-refractivity contribution >= 4 is 5.97 Å². The molecule has 9 fully saturated rings. The van der Waals surface area contributed by atoms with E-state index in [1.807, 2.05) is 6.92 Å². The van der Waals surface area contributed by atoms with Gasteiger partial charge in [0, 0.05) is 5.41 Å². The predicted molar refractivity (Wildman–Crippen MR) is 283 cm³/mol. The normalized spacial score (nSPS) is 54.9. The fraction of sp³-hybridized carbons (Fsp3) is 0.948. The minimum atomic E-state index is -1.90. The van der Waals surface area contributed by atoms with E-state index >= 15 is 4.79 Å². The highest BCUT2D eigenvalue weighted by Crippen LogP contribution is 2.76. The summed E-state index contributed by atoms with van der Waals surface area (Å²) >= 11 is 0. The van der Waals surface area contributed by atoms with Gasteiger partial charge in [-0.1, -0.05) is 53.2 Å². The van der Waals surface area contributed by atoms with Crippen molar-refractivity contribution in [3.05, 3.63) is 11.6 Å². The molecule has 5 aliphatic heterocycles. The second kappa shape index (κ2) is 24.1. The third kappa shape index (κ3) is 10.8. The number of hydrogen-bond acceptors (Lipinski definition) is 26. The summed E-state index contributed by atoms with van der Waals surface area (Å²) in [6, 6.07) is 0. The predicted octanol–water partition coefficient (Wildman–Crippen LogP) is -2.93. The van der Waals surface area contributed by atoms with Gasteiger partial charge in [0.2, 0.25) is 6.29 Å².